The van der Waals surface area contributed by atoms with Gasteiger partial charge in [0.2, 0.25) is 0 Å². The van der Waals surface area contributed by atoms with Crippen molar-refractivity contribution in [1.82, 2.24) is 0 Å². The van der Waals surface area contributed by atoms with Gasteiger partial charge in [0.15, 0.2) is 12.0 Å². The number of aldehydes is 1. The quantitative estimate of drug-likeness (QED) is 0.457. The summed E-state index contributed by atoms with van der Waals surface area (Å²) in [5.41, 5.74) is 6.65. The van der Waals surface area contributed by atoms with Gasteiger partial charge in [-0.05, 0) is 6.92 Å². The predicted octanol–water partition coefficient (Wildman–Crippen LogP) is 3.34. The van der Waals surface area contributed by atoms with Crippen molar-refractivity contribution in [2.45, 2.75) is 20.8 Å². The van der Waals surface area contributed by atoms with Gasteiger partial charge in [0.25, 0.3) is 0 Å². The highest BCUT2D eigenvalue weighted by Crippen LogP contribution is 2.34. The van der Waals surface area contributed by atoms with Crippen molar-refractivity contribution in [3.8, 4) is 17.2 Å². The van der Waals surface area contributed by atoms with Gasteiger partial charge >= 0.3 is 0 Å². The second-order valence-electron chi connectivity index (χ2n) is 4.46. The van der Waals surface area contributed by atoms with Gasteiger partial charge in [-0.2, -0.15) is 0 Å². The molecule has 0 saturated heterocycles. The van der Waals surface area contributed by atoms with Crippen LogP contribution in [0.4, 0.5) is 0 Å². The van der Waals surface area contributed by atoms with Gasteiger partial charge in [0.1, 0.15) is 22.9 Å². The number of aromatic hydroxyl groups is 2. The van der Waals surface area contributed by atoms with Crippen molar-refractivity contribution in [3.63, 3.8) is 0 Å². The smallest absolute Gasteiger partial charge is 0.169 e. The van der Waals surface area contributed by atoms with E-state index in [1.165, 1.54) is 12.1 Å². The summed E-state index contributed by atoms with van der Waals surface area (Å²) in [6, 6.07) is 11.4. The number of carbonyl (C=O) groups is 1. The lowest BCUT2D eigenvalue weighted by atomic mass is 10.1. The molecule has 0 saturated carbocycles. The summed E-state index contributed by atoms with van der Waals surface area (Å²) >= 11 is 0. The molecule has 0 bridgehead atoms. The number of phenols is 2. The Morgan fingerprint density at radius 2 is 1.74 bits per heavy atom. The summed E-state index contributed by atoms with van der Waals surface area (Å²) in [6.45, 7) is 5.63. The molecule has 0 unspecified atom stereocenters. The van der Waals surface area contributed by atoms with Crippen LogP contribution in [0.25, 0.3) is 5.76 Å². The molecule has 0 heterocycles. The predicted molar refractivity (Wildman–Crippen MR) is 90.1 cm³/mol. The van der Waals surface area contributed by atoms with Gasteiger partial charge in [-0.15, -0.1) is 0 Å². The van der Waals surface area contributed by atoms with E-state index in [-0.39, 0.29) is 28.7 Å². The maximum atomic E-state index is 11.0. The van der Waals surface area contributed by atoms with E-state index in [1.807, 2.05) is 19.9 Å². The lowest BCUT2D eigenvalue weighted by molar-refractivity contribution is -0.105. The van der Waals surface area contributed by atoms with Gasteiger partial charge < -0.3 is 20.7 Å². The first-order chi connectivity index (χ1) is 11.0. The molecule has 0 amide bonds. The van der Waals surface area contributed by atoms with Crippen molar-refractivity contribution in [1.29, 1.82) is 0 Å². The van der Waals surface area contributed by atoms with Crippen molar-refractivity contribution in [2.24, 2.45) is 5.73 Å². The molecule has 5 nitrogen and oxygen atoms in total. The standard InChI is InChI=1S/C16H15NO4.C2H6/c1-10-14(20)7-12(19)8-15(10)21-16(13(17)9-18)11-5-3-2-4-6-11;1-2/h2-9,19-20H,17H2,1H3;1-2H3/b16-13+;. The van der Waals surface area contributed by atoms with E-state index >= 15 is 0 Å². The molecular formula is C18H21NO4. The molecule has 0 atom stereocenters. The van der Waals surface area contributed by atoms with Crippen LogP contribution in [-0.4, -0.2) is 16.5 Å². The average Bonchev–Trinajstić information content (AvgIpc) is 2.58. The summed E-state index contributed by atoms with van der Waals surface area (Å²) in [5, 5.41) is 19.2. The lowest BCUT2D eigenvalue weighted by Gasteiger charge is -2.14. The van der Waals surface area contributed by atoms with Crippen molar-refractivity contribution >= 4 is 12.0 Å². The minimum atomic E-state index is -0.148. The molecule has 0 fully saturated rings. The molecule has 0 aromatic heterocycles. The number of allylic oxidation sites excluding steroid dienone is 1. The number of nitrogens with two attached hydrogens (primary N) is 1. The molecule has 122 valence electrons. The Bertz CT molecular complexity index is 694. The maximum Gasteiger partial charge on any atom is 0.169 e. The van der Waals surface area contributed by atoms with E-state index in [4.69, 9.17) is 10.5 Å². The number of rotatable bonds is 4. The Morgan fingerprint density at radius 3 is 2.30 bits per heavy atom. The van der Waals surface area contributed by atoms with E-state index in [2.05, 4.69) is 0 Å². The largest absolute Gasteiger partial charge is 0.508 e. The van der Waals surface area contributed by atoms with Gasteiger partial charge in [-0.1, -0.05) is 44.2 Å². The lowest BCUT2D eigenvalue weighted by Crippen LogP contribution is -2.08. The van der Waals surface area contributed by atoms with Gasteiger partial charge in [-0.3, -0.25) is 4.79 Å². The van der Waals surface area contributed by atoms with E-state index < -0.39 is 0 Å². The third kappa shape index (κ3) is 4.51. The van der Waals surface area contributed by atoms with Crippen LogP contribution in [0, 0.1) is 6.92 Å². The number of carbonyl (C=O) groups excluding carboxylic acids is 1. The molecule has 5 heteroatoms. The van der Waals surface area contributed by atoms with Gasteiger partial charge in [0.05, 0.1) is 0 Å². The van der Waals surface area contributed by atoms with Crippen LogP contribution in [0.5, 0.6) is 17.2 Å². The minimum Gasteiger partial charge on any atom is -0.508 e. The second kappa shape index (κ2) is 8.48. The van der Waals surface area contributed by atoms with Crippen LogP contribution in [0.1, 0.15) is 25.0 Å². The first kappa shape index (κ1) is 18.1. The Balaban J connectivity index is 0.00000127. The fourth-order valence-electron chi connectivity index (χ4n) is 1.80. The monoisotopic (exact) mass is 315 g/mol. The zero-order valence-corrected chi connectivity index (χ0v) is 13.4. The second-order valence-corrected chi connectivity index (χ2v) is 4.46. The molecule has 0 spiro atoms. The zero-order valence-electron chi connectivity index (χ0n) is 13.4. The Labute approximate surface area is 135 Å². The van der Waals surface area contributed by atoms with Crippen molar-refractivity contribution < 1.29 is 19.7 Å². The van der Waals surface area contributed by atoms with Crippen LogP contribution < -0.4 is 10.5 Å². The molecule has 2 aromatic carbocycles. The third-order valence-corrected chi connectivity index (χ3v) is 2.95. The normalized spacial score (nSPS) is 10.9. The van der Waals surface area contributed by atoms with Crippen LogP contribution in [-0.2, 0) is 4.79 Å². The zero-order chi connectivity index (χ0) is 17.4. The highest BCUT2D eigenvalue weighted by molar-refractivity contribution is 5.85. The van der Waals surface area contributed by atoms with E-state index in [9.17, 15) is 15.0 Å². The highest BCUT2D eigenvalue weighted by atomic mass is 16.5. The summed E-state index contributed by atoms with van der Waals surface area (Å²) < 4.78 is 5.65. The number of phenolic OH excluding ortho intramolecular Hbond substituents is 2. The fraction of sp³-hybridized carbons (Fsp3) is 0.167. The Kier molecular flexibility index (Phi) is 6.68. The molecule has 2 rings (SSSR count). The minimum absolute atomic E-state index is 0.0802. The highest BCUT2D eigenvalue weighted by Gasteiger charge is 2.14. The molecule has 0 aliphatic carbocycles. The molecule has 0 aliphatic rings. The Morgan fingerprint density at radius 1 is 1.13 bits per heavy atom. The average molecular weight is 315 g/mol. The molecule has 0 radical (unpaired) electrons. The number of hydrogen-bond donors (Lipinski definition) is 3. The van der Waals surface area contributed by atoms with Crippen LogP contribution in [0.15, 0.2) is 48.2 Å². The van der Waals surface area contributed by atoms with Crippen molar-refractivity contribution in [3.05, 3.63) is 59.3 Å². The van der Waals surface area contributed by atoms with Gasteiger partial charge in [0, 0.05) is 23.3 Å². The first-order valence-electron chi connectivity index (χ1n) is 7.23. The maximum absolute atomic E-state index is 11.0. The van der Waals surface area contributed by atoms with Crippen LogP contribution in [0.3, 0.4) is 0 Å². The first-order valence-corrected chi connectivity index (χ1v) is 7.23. The van der Waals surface area contributed by atoms with Crippen molar-refractivity contribution in [2.75, 3.05) is 0 Å². The fourth-order valence-corrected chi connectivity index (χ4v) is 1.80. The molecule has 23 heavy (non-hydrogen) atoms. The number of hydrogen-bond acceptors (Lipinski definition) is 5. The van der Waals surface area contributed by atoms with E-state index in [0.29, 0.717) is 17.4 Å². The van der Waals surface area contributed by atoms with Gasteiger partial charge in [-0.25, -0.2) is 0 Å². The summed E-state index contributed by atoms with van der Waals surface area (Å²) in [4.78, 5) is 11.0. The van der Waals surface area contributed by atoms with Crippen LogP contribution in [0.2, 0.25) is 0 Å². The molecule has 2 aromatic rings. The van der Waals surface area contributed by atoms with E-state index in [1.54, 1.807) is 31.2 Å². The SMILES string of the molecule is CC.Cc1c(O)cc(O)cc1O/C(=C(/N)C=O)c1ccccc1. The van der Waals surface area contributed by atoms with Crippen LogP contribution >= 0.6 is 0 Å². The number of ether oxygens (including phenoxy) is 1. The summed E-state index contributed by atoms with van der Waals surface area (Å²) in [5.74, 6) is 0.127. The third-order valence-electron chi connectivity index (χ3n) is 2.95. The molecule has 0 aliphatic heterocycles. The molecular weight excluding hydrogens is 294 g/mol. The van der Waals surface area contributed by atoms with E-state index in [0.717, 1.165) is 0 Å². The molecule has 4 N–H and O–H groups in total. The number of benzene rings is 2. The summed E-state index contributed by atoms with van der Waals surface area (Å²) in [7, 11) is 0. The Hall–Kier alpha value is -2.95. The summed E-state index contributed by atoms with van der Waals surface area (Å²) in [6.07, 6.45) is 0.486. The topological polar surface area (TPSA) is 92.8 Å².